The number of rotatable bonds is 5. The molecular weight excluding hydrogens is 210 g/mol. The number of aliphatic hydroxyl groups is 1. The third-order valence-electron chi connectivity index (χ3n) is 4.06. The molecule has 0 spiro atoms. The van der Waals surface area contributed by atoms with Gasteiger partial charge in [0, 0.05) is 13.1 Å². The third kappa shape index (κ3) is 2.38. The van der Waals surface area contributed by atoms with E-state index in [1.165, 1.54) is 18.4 Å². The number of hydrogen-bond donors (Lipinski definition) is 1. The summed E-state index contributed by atoms with van der Waals surface area (Å²) in [7, 11) is 0. The zero-order chi connectivity index (χ0) is 12.3. The highest BCUT2D eigenvalue weighted by Crippen LogP contribution is 2.35. The van der Waals surface area contributed by atoms with Crippen molar-refractivity contribution < 1.29 is 5.11 Å². The second kappa shape index (κ2) is 5.19. The molecule has 17 heavy (non-hydrogen) atoms. The van der Waals surface area contributed by atoms with E-state index in [9.17, 15) is 5.11 Å². The maximum absolute atomic E-state index is 9.75. The first kappa shape index (κ1) is 12.6. The molecule has 0 bridgehead atoms. The second-order valence-corrected chi connectivity index (χ2v) is 5.36. The zero-order valence-electron chi connectivity index (χ0n) is 10.9. The molecule has 1 N–H and O–H groups in total. The van der Waals surface area contributed by atoms with Crippen molar-refractivity contribution in [1.29, 1.82) is 0 Å². The summed E-state index contributed by atoms with van der Waals surface area (Å²) >= 11 is 0. The van der Waals surface area contributed by atoms with Gasteiger partial charge in [0.15, 0.2) is 0 Å². The van der Waals surface area contributed by atoms with E-state index in [0.717, 1.165) is 19.0 Å². The van der Waals surface area contributed by atoms with Gasteiger partial charge in [0.1, 0.15) is 0 Å². The van der Waals surface area contributed by atoms with Crippen LogP contribution < -0.4 is 0 Å². The van der Waals surface area contributed by atoms with Crippen molar-refractivity contribution in [3.8, 4) is 0 Å². The molecule has 1 saturated heterocycles. The van der Waals surface area contributed by atoms with Crippen LogP contribution in [0.15, 0.2) is 30.3 Å². The minimum Gasteiger partial charge on any atom is -0.394 e. The van der Waals surface area contributed by atoms with Crippen LogP contribution in [0.4, 0.5) is 0 Å². The summed E-state index contributed by atoms with van der Waals surface area (Å²) in [5.41, 5.74) is 1.02. The van der Waals surface area contributed by atoms with Gasteiger partial charge >= 0.3 is 0 Å². The largest absolute Gasteiger partial charge is 0.394 e. The molecule has 1 fully saturated rings. The average Bonchev–Trinajstić information content (AvgIpc) is 2.33. The van der Waals surface area contributed by atoms with Crippen molar-refractivity contribution in [1.82, 2.24) is 4.90 Å². The van der Waals surface area contributed by atoms with E-state index < -0.39 is 0 Å². The van der Waals surface area contributed by atoms with Crippen molar-refractivity contribution in [3.63, 3.8) is 0 Å². The first-order valence-electron chi connectivity index (χ1n) is 6.62. The Hall–Kier alpha value is -0.860. The van der Waals surface area contributed by atoms with Gasteiger partial charge in [-0.1, -0.05) is 43.7 Å². The minimum absolute atomic E-state index is 0.190. The maximum atomic E-state index is 9.75. The SMILES string of the molecule is CCCC1CN(C(C)(CO)c2ccccc2)C1. The predicted molar refractivity (Wildman–Crippen MR) is 70.9 cm³/mol. The van der Waals surface area contributed by atoms with Crippen molar-refractivity contribution in [2.45, 2.75) is 32.2 Å². The quantitative estimate of drug-likeness (QED) is 0.845. The molecule has 0 saturated carbocycles. The second-order valence-electron chi connectivity index (χ2n) is 5.36. The van der Waals surface area contributed by atoms with Gasteiger partial charge in [0.05, 0.1) is 12.1 Å². The van der Waals surface area contributed by atoms with Crippen LogP contribution in [0, 0.1) is 5.92 Å². The highest BCUT2D eigenvalue weighted by molar-refractivity contribution is 5.24. The Morgan fingerprint density at radius 1 is 1.29 bits per heavy atom. The molecule has 0 radical (unpaired) electrons. The zero-order valence-corrected chi connectivity index (χ0v) is 10.9. The fraction of sp³-hybridized carbons (Fsp3) is 0.600. The smallest absolute Gasteiger partial charge is 0.0665 e. The van der Waals surface area contributed by atoms with Gasteiger partial charge in [0.25, 0.3) is 0 Å². The van der Waals surface area contributed by atoms with Gasteiger partial charge in [-0.15, -0.1) is 0 Å². The monoisotopic (exact) mass is 233 g/mol. The molecule has 1 aliphatic rings. The van der Waals surface area contributed by atoms with Crippen LogP contribution in [0.25, 0.3) is 0 Å². The minimum atomic E-state index is -0.203. The normalized spacial score (nSPS) is 20.9. The molecule has 0 amide bonds. The highest BCUT2D eigenvalue weighted by Gasteiger charge is 2.40. The van der Waals surface area contributed by atoms with Crippen LogP contribution in [-0.2, 0) is 5.54 Å². The Morgan fingerprint density at radius 3 is 2.47 bits per heavy atom. The summed E-state index contributed by atoms with van der Waals surface area (Å²) in [5.74, 6) is 0.828. The Balaban J connectivity index is 2.07. The van der Waals surface area contributed by atoms with Crippen LogP contribution >= 0.6 is 0 Å². The predicted octanol–water partition coefficient (Wildman–Crippen LogP) is 2.63. The van der Waals surface area contributed by atoms with Crippen LogP contribution in [0.2, 0.25) is 0 Å². The van der Waals surface area contributed by atoms with Crippen LogP contribution in [0.1, 0.15) is 32.3 Å². The number of nitrogens with zero attached hydrogens (tertiary/aromatic N) is 1. The first-order valence-corrected chi connectivity index (χ1v) is 6.62. The number of benzene rings is 1. The standard InChI is InChI=1S/C15H23NO/c1-3-7-13-10-16(11-13)15(2,12-17)14-8-5-4-6-9-14/h4-6,8-9,13,17H,3,7,10-12H2,1-2H3. The summed E-state index contributed by atoms with van der Waals surface area (Å²) in [5, 5.41) is 9.75. The molecule has 2 rings (SSSR count). The highest BCUT2D eigenvalue weighted by atomic mass is 16.3. The molecule has 1 heterocycles. The lowest BCUT2D eigenvalue weighted by molar-refractivity contribution is -0.0427. The molecule has 0 aliphatic carbocycles. The van der Waals surface area contributed by atoms with Gasteiger partial charge in [-0.3, -0.25) is 4.90 Å². The lowest BCUT2D eigenvalue weighted by atomic mass is 9.83. The van der Waals surface area contributed by atoms with E-state index in [2.05, 4.69) is 30.9 Å². The van der Waals surface area contributed by atoms with Gasteiger partial charge in [-0.25, -0.2) is 0 Å². The average molecular weight is 233 g/mol. The first-order chi connectivity index (χ1) is 8.20. The molecule has 1 unspecified atom stereocenters. The lowest BCUT2D eigenvalue weighted by Gasteiger charge is -2.50. The molecule has 1 atom stereocenters. The van der Waals surface area contributed by atoms with Crippen molar-refractivity contribution in [2.24, 2.45) is 5.92 Å². The van der Waals surface area contributed by atoms with E-state index in [-0.39, 0.29) is 12.1 Å². The molecule has 0 aromatic heterocycles. The molecule has 1 aliphatic heterocycles. The molecule has 94 valence electrons. The summed E-state index contributed by atoms with van der Waals surface area (Å²) in [4.78, 5) is 2.41. The summed E-state index contributed by atoms with van der Waals surface area (Å²) < 4.78 is 0. The Morgan fingerprint density at radius 2 is 1.94 bits per heavy atom. The maximum Gasteiger partial charge on any atom is 0.0665 e. The van der Waals surface area contributed by atoms with E-state index >= 15 is 0 Å². The summed E-state index contributed by atoms with van der Waals surface area (Å²) in [6.07, 6.45) is 2.58. The molecule has 1 aromatic rings. The Labute approximate surface area is 104 Å². The summed E-state index contributed by atoms with van der Waals surface area (Å²) in [6, 6.07) is 10.4. The van der Waals surface area contributed by atoms with Gasteiger partial charge in [-0.05, 0) is 24.8 Å². The topological polar surface area (TPSA) is 23.5 Å². The van der Waals surface area contributed by atoms with E-state index in [1.54, 1.807) is 0 Å². The Kier molecular flexibility index (Phi) is 3.85. The Bertz CT molecular complexity index is 345. The fourth-order valence-corrected chi connectivity index (χ4v) is 2.73. The molecular formula is C15H23NO. The van der Waals surface area contributed by atoms with Crippen LogP contribution in [0.3, 0.4) is 0 Å². The summed E-state index contributed by atoms with van der Waals surface area (Å²) in [6.45, 7) is 6.82. The van der Waals surface area contributed by atoms with Crippen molar-refractivity contribution in [2.75, 3.05) is 19.7 Å². The van der Waals surface area contributed by atoms with E-state index in [4.69, 9.17) is 0 Å². The van der Waals surface area contributed by atoms with E-state index in [1.807, 2.05) is 18.2 Å². The molecule has 1 aromatic carbocycles. The fourth-order valence-electron chi connectivity index (χ4n) is 2.73. The van der Waals surface area contributed by atoms with Gasteiger partial charge in [0.2, 0.25) is 0 Å². The van der Waals surface area contributed by atoms with Crippen LogP contribution in [0.5, 0.6) is 0 Å². The van der Waals surface area contributed by atoms with Gasteiger partial charge in [-0.2, -0.15) is 0 Å². The van der Waals surface area contributed by atoms with E-state index in [0.29, 0.717) is 0 Å². The van der Waals surface area contributed by atoms with Gasteiger partial charge < -0.3 is 5.11 Å². The van der Waals surface area contributed by atoms with Crippen molar-refractivity contribution in [3.05, 3.63) is 35.9 Å². The number of hydrogen-bond acceptors (Lipinski definition) is 2. The molecule has 2 nitrogen and oxygen atoms in total. The van der Waals surface area contributed by atoms with Crippen LogP contribution in [-0.4, -0.2) is 29.7 Å². The molecule has 2 heteroatoms. The number of aliphatic hydroxyl groups excluding tert-OH is 1. The number of likely N-dealkylation sites (tertiary alicyclic amines) is 1. The van der Waals surface area contributed by atoms with Crippen molar-refractivity contribution >= 4 is 0 Å². The third-order valence-corrected chi connectivity index (χ3v) is 4.06. The lowest BCUT2D eigenvalue weighted by Crippen LogP contribution is -2.58.